The van der Waals surface area contributed by atoms with Crippen molar-refractivity contribution in [3.8, 4) is 0 Å². The number of anilines is 1. The Morgan fingerprint density at radius 3 is 2.95 bits per heavy atom. The number of ether oxygens (including phenoxy) is 1. The highest BCUT2D eigenvalue weighted by molar-refractivity contribution is 5.83. The second-order valence-corrected chi connectivity index (χ2v) is 5.70. The van der Waals surface area contributed by atoms with Gasteiger partial charge in [0.2, 0.25) is 0 Å². The average molecular weight is 271 g/mol. The van der Waals surface area contributed by atoms with Crippen LogP contribution in [0.1, 0.15) is 36.0 Å². The third-order valence-corrected chi connectivity index (χ3v) is 4.61. The van der Waals surface area contributed by atoms with Crippen LogP contribution in [0.3, 0.4) is 0 Å². The maximum atomic E-state index is 12.2. The quantitative estimate of drug-likeness (QED) is 0.662. The summed E-state index contributed by atoms with van der Waals surface area (Å²) in [4.78, 5) is 12.2. The number of hydrogen-bond acceptors (Lipinski definition) is 3. The molecule has 0 aromatic heterocycles. The number of aryl methyl sites for hydroxylation is 1. The second kappa shape index (κ2) is 4.97. The summed E-state index contributed by atoms with van der Waals surface area (Å²) in [5, 5.41) is 3.45. The van der Waals surface area contributed by atoms with Crippen LogP contribution in [0.2, 0.25) is 0 Å². The molecule has 0 saturated heterocycles. The summed E-state index contributed by atoms with van der Waals surface area (Å²) in [6, 6.07) is 4.13. The van der Waals surface area contributed by atoms with E-state index in [0.717, 1.165) is 12.1 Å². The molecule has 0 saturated carbocycles. The predicted molar refractivity (Wildman–Crippen MR) is 79.9 cm³/mol. The van der Waals surface area contributed by atoms with Gasteiger partial charge in [-0.3, -0.25) is 0 Å². The first-order chi connectivity index (χ1) is 9.63. The Morgan fingerprint density at radius 1 is 1.40 bits per heavy atom. The summed E-state index contributed by atoms with van der Waals surface area (Å²) in [6.45, 7) is 6.51. The number of carbonyl (C=O) groups excluding carboxylic acids is 1. The standard InChI is InChI=1S/C17H21NO2/c1-4-20-17(19)16-13-7-5-6-12(13)14-9-8-10(2)11(3)15(14)18-16/h5-6,8-9,12-13,16,18H,4,7H2,1-3H3/t12-,13+,16-/m0/s1. The Balaban J connectivity index is 2.03. The molecule has 2 aliphatic rings. The molecule has 0 spiro atoms. The molecule has 1 aromatic rings. The smallest absolute Gasteiger partial charge is 0.328 e. The molecule has 1 aliphatic heterocycles. The molecule has 3 heteroatoms. The Labute approximate surface area is 120 Å². The van der Waals surface area contributed by atoms with Gasteiger partial charge in [0.25, 0.3) is 0 Å². The van der Waals surface area contributed by atoms with Gasteiger partial charge in [-0.25, -0.2) is 4.79 Å². The minimum Gasteiger partial charge on any atom is -0.464 e. The van der Waals surface area contributed by atoms with Crippen molar-refractivity contribution in [2.45, 2.75) is 39.2 Å². The van der Waals surface area contributed by atoms with E-state index in [0.29, 0.717) is 12.5 Å². The number of esters is 1. The fraction of sp³-hybridized carbons (Fsp3) is 0.471. The zero-order valence-corrected chi connectivity index (χ0v) is 12.3. The van der Waals surface area contributed by atoms with E-state index in [-0.39, 0.29) is 17.9 Å². The van der Waals surface area contributed by atoms with Gasteiger partial charge >= 0.3 is 5.97 Å². The number of nitrogens with one attached hydrogen (secondary N) is 1. The summed E-state index contributed by atoms with van der Waals surface area (Å²) in [5.41, 5.74) is 4.91. The summed E-state index contributed by atoms with van der Waals surface area (Å²) in [5.74, 6) is 0.487. The Kier molecular flexibility index (Phi) is 3.28. The molecule has 0 amide bonds. The van der Waals surface area contributed by atoms with E-state index in [4.69, 9.17) is 4.74 Å². The van der Waals surface area contributed by atoms with Crippen LogP contribution in [0.15, 0.2) is 24.3 Å². The SMILES string of the molecule is CCOC(=O)[C@H]1Nc2c(ccc(C)c2C)[C@H]2C=CC[C@@H]12. The van der Waals surface area contributed by atoms with Crippen molar-refractivity contribution in [1.29, 1.82) is 0 Å². The van der Waals surface area contributed by atoms with Crippen molar-refractivity contribution in [3.63, 3.8) is 0 Å². The van der Waals surface area contributed by atoms with Crippen molar-refractivity contribution in [2.24, 2.45) is 5.92 Å². The summed E-state index contributed by atoms with van der Waals surface area (Å²) in [6.07, 6.45) is 5.37. The van der Waals surface area contributed by atoms with Gasteiger partial charge in [0, 0.05) is 17.5 Å². The highest BCUT2D eigenvalue weighted by Gasteiger charge is 2.41. The lowest BCUT2D eigenvalue weighted by atomic mass is 9.78. The second-order valence-electron chi connectivity index (χ2n) is 5.70. The molecule has 0 bridgehead atoms. The van der Waals surface area contributed by atoms with Gasteiger partial charge in [-0.1, -0.05) is 24.3 Å². The molecule has 1 heterocycles. The fourth-order valence-electron chi connectivity index (χ4n) is 3.38. The van der Waals surface area contributed by atoms with E-state index < -0.39 is 0 Å². The molecular weight excluding hydrogens is 250 g/mol. The lowest BCUT2D eigenvalue weighted by molar-refractivity contribution is -0.145. The number of benzene rings is 1. The monoisotopic (exact) mass is 271 g/mol. The zero-order chi connectivity index (χ0) is 14.3. The minimum absolute atomic E-state index is 0.127. The molecular formula is C17H21NO2. The van der Waals surface area contributed by atoms with Crippen molar-refractivity contribution < 1.29 is 9.53 Å². The molecule has 20 heavy (non-hydrogen) atoms. The van der Waals surface area contributed by atoms with Crippen LogP contribution < -0.4 is 5.32 Å². The van der Waals surface area contributed by atoms with Gasteiger partial charge in [0.1, 0.15) is 6.04 Å². The maximum absolute atomic E-state index is 12.2. The molecule has 1 N–H and O–H groups in total. The largest absolute Gasteiger partial charge is 0.464 e. The molecule has 1 aromatic carbocycles. The van der Waals surface area contributed by atoms with Gasteiger partial charge in [0.15, 0.2) is 0 Å². The van der Waals surface area contributed by atoms with Crippen LogP contribution in [0.4, 0.5) is 5.69 Å². The van der Waals surface area contributed by atoms with Crippen LogP contribution in [0.25, 0.3) is 0 Å². The Bertz CT molecular complexity index is 577. The molecule has 1 aliphatic carbocycles. The molecule has 0 fully saturated rings. The van der Waals surface area contributed by atoms with Gasteiger partial charge in [-0.2, -0.15) is 0 Å². The topological polar surface area (TPSA) is 38.3 Å². The molecule has 3 nitrogen and oxygen atoms in total. The number of fused-ring (bicyclic) bond motifs is 3. The van der Waals surface area contributed by atoms with E-state index in [1.54, 1.807) is 0 Å². The molecule has 0 unspecified atom stereocenters. The fourth-order valence-corrected chi connectivity index (χ4v) is 3.38. The number of allylic oxidation sites excluding steroid dienone is 2. The van der Waals surface area contributed by atoms with E-state index >= 15 is 0 Å². The maximum Gasteiger partial charge on any atom is 0.328 e. The first kappa shape index (κ1) is 13.2. The average Bonchev–Trinajstić information content (AvgIpc) is 2.91. The van der Waals surface area contributed by atoms with E-state index in [9.17, 15) is 4.79 Å². The Morgan fingerprint density at radius 2 is 2.20 bits per heavy atom. The molecule has 106 valence electrons. The third-order valence-electron chi connectivity index (χ3n) is 4.61. The van der Waals surface area contributed by atoms with Gasteiger partial charge in [0.05, 0.1) is 6.61 Å². The molecule has 0 radical (unpaired) electrons. The van der Waals surface area contributed by atoms with E-state index in [2.05, 4.69) is 43.4 Å². The number of rotatable bonds is 2. The summed E-state index contributed by atoms with van der Waals surface area (Å²) in [7, 11) is 0. The van der Waals surface area contributed by atoms with Crippen molar-refractivity contribution >= 4 is 11.7 Å². The first-order valence-electron chi connectivity index (χ1n) is 7.33. The number of hydrogen-bond donors (Lipinski definition) is 1. The van der Waals surface area contributed by atoms with Crippen LogP contribution in [0.5, 0.6) is 0 Å². The number of carbonyl (C=O) groups is 1. The Hall–Kier alpha value is -1.77. The molecule has 3 atom stereocenters. The van der Waals surface area contributed by atoms with Crippen molar-refractivity contribution in [2.75, 3.05) is 11.9 Å². The zero-order valence-electron chi connectivity index (χ0n) is 12.3. The first-order valence-corrected chi connectivity index (χ1v) is 7.33. The van der Waals surface area contributed by atoms with Crippen molar-refractivity contribution in [1.82, 2.24) is 0 Å². The lowest BCUT2D eigenvalue weighted by Crippen LogP contribution is -2.43. The van der Waals surface area contributed by atoms with Gasteiger partial charge < -0.3 is 10.1 Å². The highest BCUT2D eigenvalue weighted by Crippen LogP contribution is 2.46. The van der Waals surface area contributed by atoms with E-state index in [1.807, 2.05) is 6.92 Å². The van der Waals surface area contributed by atoms with Crippen LogP contribution in [0, 0.1) is 19.8 Å². The van der Waals surface area contributed by atoms with E-state index in [1.165, 1.54) is 16.7 Å². The third kappa shape index (κ3) is 1.92. The highest BCUT2D eigenvalue weighted by atomic mass is 16.5. The van der Waals surface area contributed by atoms with Gasteiger partial charge in [-0.15, -0.1) is 0 Å². The van der Waals surface area contributed by atoms with Crippen LogP contribution >= 0.6 is 0 Å². The van der Waals surface area contributed by atoms with Gasteiger partial charge in [-0.05, 0) is 43.9 Å². The van der Waals surface area contributed by atoms with Crippen LogP contribution in [-0.4, -0.2) is 18.6 Å². The lowest BCUT2D eigenvalue weighted by Gasteiger charge is -2.36. The van der Waals surface area contributed by atoms with Crippen LogP contribution in [-0.2, 0) is 9.53 Å². The molecule has 3 rings (SSSR count). The summed E-state index contributed by atoms with van der Waals surface area (Å²) < 4.78 is 5.25. The predicted octanol–water partition coefficient (Wildman–Crippen LogP) is 3.32. The van der Waals surface area contributed by atoms with Crippen molar-refractivity contribution in [3.05, 3.63) is 41.0 Å². The summed E-state index contributed by atoms with van der Waals surface area (Å²) >= 11 is 0. The minimum atomic E-state index is -0.233. The normalized spacial score (nSPS) is 26.6.